The highest BCUT2D eigenvalue weighted by atomic mass is 32.2. The van der Waals surface area contributed by atoms with Crippen molar-refractivity contribution in [1.82, 2.24) is 9.97 Å². The molecule has 0 atom stereocenters. The molecule has 0 spiro atoms. The third-order valence-corrected chi connectivity index (χ3v) is 5.80. The summed E-state index contributed by atoms with van der Waals surface area (Å²) in [7, 11) is -3.68. The number of hydrogen-bond donors (Lipinski definition) is 3. The Morgan fingerprint density at radius 1 is 1.07 bits per heavy atom. The molecule has 2 heterocycles. The molecule has 0 amide bonds. The standard InChI is InChI=1S/C18H15N3O3S.C3H6O2/c1-11-2-5-13(6-3-11)25(23,24)21-12-4-7-16-15(10-12)14-8-9-19-17(14)18(22)20-16;1-2-3(4)5/h2-10,19,21H,1H3,(H,20,22);2H2,1H3,(H,4,5)/p-1. The predicted octanol–water partition coefficient (Wildman–Crippen LogP) is 2.26. The molecule has 0 radical (unpaired) electrons. The number of carbonyl (C=O) groups excluding carboxylic acids is 1. The van der Waals surface area contributed by atoms with E-state index in [4.69, 9.17) is 0 Å². The van der Waals surface area contributed by atoms with Crippen molar-refractivity contribution in [1.29, 1.82) is 0 Å². The van der Waals surface area contributed by atoms with E-state index in [0.717, 1.165) is 16.3 Å². The van der Waals surface area contributed by atoms with Crippen LogP contribution in [0.3, 0.4) is 0 Å². The lowest BCUT2D eigenvalue weighted by atomic mass is 10.1. The summed E-state index contributed by atoms with van der Waals surface area (Å²) in [6, 6.07) is 13.5. The number of aromatic nitrogens is 2. The Bertz CT molecular complexity index is 1370. The number of H-pyrrole nitrogens is 2. The number of nitrogens with one attached hydrogen (secondary N) is 3. The number of pyridine rings is 1. The van der Waals surface area contributed by atoms with Gasteiger partial charge in [0.25, 0.3) is 15.6 Å². The van der Waals surface area contributed by atoms with Gasteiger partial charge in [-0.3, -0.25) is 9.52 Å². The van der Waals surface area contributed by atoms with Crippen molar-refractivity contribution in [3.63, 3.8) is 0 Å². The van der Waals surface area contributed by atoms with Crippen molar-refractivity contribution in [2.75, 3.05) is 4.72 Å². The van der Waals surface area contributed by atoms with Crippen LogP contribution in [-0.2, 0) is 14.8 Å². The van der Waals surface area contributed by atoms with Crippen LogP contribution < -0.4 is 15.4 Å². The summed E-state index contributed by atoms with van der Waals surface area (Å²) in [5, 5.41) is 10.8. The molecule has 0 aliphatic carbocycles. The minimum absolute atomic E-state index is 0.111. The van der Waals surface area contributed by atoms with E-state index in [-0.39, 0.29) is 16.9 Å². The summed E-state index contributed by atoms with van der Waals surface area (Å²) in [4.78, 5) is 27.1. The highest BCUT2D eigenvalue weighted by Gasteiger charge is 2.15. The minimum atomic E-state index is -3.68. The second-order valence-electron chi connectivity index (χ2n) is 6.62. The first-order chi connectivity index (χ1) is 14.2. The maximum atomic E-state index is 12.5. The largest absolute Gasteiger partial charge is 0.550 e. The monoisotopic (exact) mass is 426 g/mol. The molecule has 0 unspecified atom stereocenters. The van der Waals surface area contributed by atoms with Crippen LogP contribution in [0.5, 0.6) is 0 Å². The number of rotatable bonds is 4. The number of aromatic amines is 2. The highest BCUT2D eigenvalue weighted by molar-refractivity contribution is 7.92. The van der Waals surface area contributed by atoms with E-state index in [1.165, 1.54) is 6.92 Å². The smallest absolute Gasteiger partial charge is 0.272 e. The molecular weight excluding hydrogens is 406 g/mol. The molecule has 4 aromatic rings. The van der Waals surface area contributed by atoms with Gasteiger partial charge in [-0.25, -0.2) is 8.42 Å². The third kappa shape index (κ3) is 4.52. The summed E-state index contributed by atoms with van der Waals surface area (Å²) < 4.78 is 27.7. The van der Waals surface area contributed by atoms with Gasteiger partial charge < -0.3 is 19.9 Å². The van der Waals surface area contributed by atoms with E-state index < -0.39 is 16.0 Å². The fraction of sp³-hybridized carbons (Fsp3) is 0.143. The predicted molar refractivity (Wildman–Crippen MR) is 114 cm³/mol. The van der Waals surface area contributed by atoms with Crippen LogP contribution in [0.2, 0.25) is 0 Å². The van der Waals surface area contributed by atoms with Gasteiger partial charge in [0.05, 0.1) is 4.90 Å². The van der Waals surface area contributed by atoms with Gasteiger partial charge >= 0.3 is 0 Å². The molecule has 4 rings (SSSR count). The topological polar surface area (TPSA) is 135 Å². The number of carboxylic acids is 1. The van der Waals surface area contributed by atoms with E-state index >= 15 is 0 Å². The SMILES string of the molecule is CCC(=O)[O-].Cc1ccc(S(=O)(=O)Nc2ccc3[nH]c(=O)c4[nH]ccc4c3c2)cc1. The van der Waals surface area contributed by atoms with Crippen LogP contribution >= 0.6 is 0 Å². The van der Waals surface area contributed by atoms with E-state index in [2.05, 4.69) is 14.7 Å². The molecule has 0 aliphatic heterocycles. The van der Waals surface area contributed by atoms with Gasteiger partial charge in [0, 0.05) is 34.1 Å². The lowest BCUT2D eigenvalue weighted by Crippen LogP contribution is -2.19. The van der Waals surface area contributed by atoms with Gasteiger partial charge in [0.2, 0.25) is 0 Å². The lowest BCUT2D eigenvalue weighted by molar-refractivity contribution is -0.305. The Morgan fingerprint density at radius 3 is 2.37 bits per heavy atom. The average molecular weight is 426 g/mol. The molecule has 0 aliphatic rings. The van der Waals surface area contributed by atoms with Gasteiger partial charge in [0.1, 0.15) is 5.52 Å². The van der Waals surface area contributed by atoms with Crippen LogP contribution in [0.25, 0.3) is 21.8 Å². The number of benzene rings is 2. The second-order valence-corrected chi connectivity index (χ2v) is 8.31. The van der Waals surface area contributed by atoms with Gasteiger partial charge in [-0.2, -0.15) is 0 Å². The Hall–Kier alpha value is -3.59. The first kappa shape index (κ1) is 21.1. The zero-order valence-corrected chi connectivity index (χ0v) is 17.2. The van der Waals surface area contributed by atoms with Crippen molar-refractivity contribution in [3.8, 4) is 0 Å². The van der Waals surface area contributed by atoms with E-state index in [0.29, 0.717) is 16.7 Å². The number of aryl methyl sites for hydroxylation is 1. The maximum absolute atomic E-state index is 12.5. The fourth-order valence-electron chi connectivity index (χ4n) is 2.84. The average Bonchev–Trinajstić information content (AvgIpc) is 3.20. The number of hydrogen-bond acceptors (Lipinski definition) is 5. The minimum Gasteiger partial charge on any atom is -0.550 e. The Morgan fingerprint density at radius 2 is 1.73 bits per heavy atom. The third-order valence-electron chi connectivity index (χ3n) is 4.40. The molecule has 3 N–H and O–H groups in total. The first-order valence-electron chi connectivity index (χ1n) is 9.13. The molecule has 30 heavy (non-hydrogen) atoms. The fourth-order valence-corrected chi connectivity index (χ4v) is 3.89. The number of sulfonamides is 1. The Balaban J connectivity index is 0.000000461. The molecule has 0 fully saturated rings. The number of carboxylic acid groups (broad SMARTS) is 1. The highest BCUT2D eigenvalue weighted by Crippen LogP contribution is 2.25. The van der Waals surface area contributed by atoms with Crippen molar-refractivity contribution in [2.24, 2.45) is 0 Å². The molecule has 9 heteroatoms. The van der Waals surface area contributed by atoms with Gasteiger partial charge in [-0.15, -0.1) is 0 Å². The lowest BCUT2D eigenvalue weighted by Gasteiger charge is -2.09. The van der Waals surface area contributed by atoms with Crippen LogP contribution in [0.1, 0.15) is 18.9 Å². The van der Waals surface area contributed by atoms with Crippen LogP contribution in [0.4, 0.5) is 5.69 Å². The van der Waals surface area contributed by atoms with Crippen molar-refractivity contribution < 1.29 is 18.3 Å². The number of anilines is 1. The normalized spacial score (nSPS) is 11.1. The second kappa shape index (κ2) is 8.42. The van der Waals surface area contributed by atoms with Gasteiger partial charge in [-0.1, -0.05) is 24.6 Å². The summed E-state index contributed by atoms with van der Waals surface area (Å²) in [5.74, 6) is -0.995. The van der Waals surface area contributed by atoms with Crippen molar-refractivity contribution >= 4 is 43.5 Å². The van der Waals surface area contributed by atoms with Gasteiger partial charge in [0.15, 0.2) is 0 Å². The molecular formula is C21H20N3O5S-. The van der Waals surface area contributed by atoms with Crippen molar-refractivity contribution in [2.45, 2.75) is 25.2 Å². The molecule has 8 nitrogen and oxygen atoms in total. The zero-order chi connectivity index (χ0) is 21.9. The molecule has 2 aromatic carbocycles. The molecule has 0 saturated carbocycles. The quantitative estimate of drug-likeness (QED) is 0.460. The van der Waals surface area contributed by atoms with E-state index in [1.807, 2.05) is 6.92 Å². The van der Waals surface area contributed by atoms with Crippen LogP contribution in [0.15, 0.2) is 64.4 Å². The Kier molecular flexibility index (Phi) is 5.93. The van der Waals surface area contributed by atoms with Crippen molar-refractivity contribution in [3.05, 3.63) is 70.6 Å². The zero-order valence-electron chi connectivity index (χ0n) is 16.4. The molecule has 156 valence electrons. The number of carbonyl (C=O) groups is 1. The Labute approximate surface area is 172 Å². The summed E-state index contributed by atoms with van der Waals surface area (Å²) in [6.07, 6.45) is 1.79. The van der Waals surface area contributed by atoms with Crippen LogP contribution in [-0.4, -0.2) is 24.4 Å². The molecule has 2 aromatic heterocycles. The first-order valence-corrected chi connectivity index (χ1v) is 10.6. The maximum Gasteiger partial charge on any atom is 0.272 e. The summed E-state index contributed by atoms with van der Waals surface area (Å²) >= 11 is 0. The van der Waals surface area contributed by atoms with E-state index in [9.17, 15) is 23.1 Å². The number of fused-ring (bicyclic) bond motifs is 3. The molecule has 0 saturated heterocycles. The summed E-state index contributed by atoms with van der Waals surface area (Å²) in [6.45, 7) is 3.44. The number of aliphatic carboxylic acids is 1. The summed E-state index contributed by atoms with van der Waals surface area (Å²) in [5.41, 5.74) is 2.33. The van der Waals surface area contributed by atoms with Gasteiger partial charge in [-0.05, 0) is 49.7 Å². The van der Waals surface area contributed by atoms with Crippen LogP contribution in [0, 0.1) is 6.92 Å². The van der Waals surface area contributed by atoms with E-state index in [1.54, 1.807) is 54.7 Å². The molecule has 0 bridgehead atoms.